The van der Waals surface area contributed by atoms with Gasteiger partial charge in [-0.05, 0) is 43.9 Å². The van der Waals surface area contributed by atoms with Crippen LogP contribution in [0.2, 0.25) is 0 Å². The van der Waals surface area contributed by atoms with Crippen molar-refractivity contribution in [3.8, 4) is 0 Å². The first-order chi connectivity index (χ1) is 6.57. The van der Waals surface area contributed by atoms with Crippen molar-refractivity contribution in [3.05, 3.63) is 0 Å². The van der Waals surface area contributed by atoms with Gasteiger partial charge >= 0.3 is 0 Å². The molecule has 14 heavy (non-hydrogen) atoms. The Hall–Kier alpha value is -0.0800. The first-order valence-electron chi connectivity index (χ1n) is 5.83. The largest absolute Gasteiger partial charge is 0.393 e. The Morgan fingerprint density at radius 2 is 1.86 bits per heavy atom. The second kappa shape index (κ2) is 5.13. The summed E-state index contributed by atoms with van der Waals surface area (Å²) < 4.78 is 5.56. The summed E-state index contributed by atoms with van der Waals surface area (Å²) in [5, 5.41) is 9.53. The van der Waals surface area contributed by atoms with Gasteiger partial charge in [-0.25, -0.2) is 0 Å². The third-order valence-corrected chi connectivity index (χ3v) is 3.36. The van der Waals surface area contributed by atoms with Crippen LogP contribution in [0.3, 0.4) is 0 Å². The molecule has 1 unspecified atom stereocenters. The number of hydrogen-bond acceptors (Lipinski definition) is 2. The van der Waals surface area contributed by atoms with Gasteiger partial charge in [-0.3, -0.25) is 0 Å². The monoisotopic (exact) mass is 200 g/mol. The van der Waals surface area contributed by atoms with E-state index in [9.17, 15) is 5.11 Å². The Bertz CT molecular complexity index is 160. The average molecular weight is 200 g/mol. The third kappa shape index (κ3) is 3.58. The third-order valence-electron chi connectivity index (χ3n) is 3.36. The molecule has 0 aromatic heterocycles. The summed E-state index contributed by atoms with van der Waals surface area (Å²) in [5.41, 5.74) is 0.220. The lowest BCUT2D eigenvalue weighted by atomic mass is 9.97. The first-order valence-corrected chi connectivity index (χ1v) is 5.83. The van der Waals surface area contributed by atoms with Gasteiger partial charge in [-0.15, -0.1) is 0 Å². The number of rotatable bonds is 7. The van der Waals surface area contributed by atoms with E-state index in [0.29, 0.717) is 0 Å². The molecule has 1 fully saturated rings. The van der Waals surface area contributed by atoms with Crippen LogP contribution in [0.1, 0.15) is 46.5 Å². The Labute approximate surface area is 87.7 Å². The van der Waals surface area contributed by atoms with Crippen molar-refractivity contribution in [1.82, 2.24) is 0 Å². The van der Waals surface area contributed by atoms with Crippen LogP contribution in [0.5, 0.6) is 0 Å². The van der Waals surface area contributed by atoms with Gasteiger partial charge < -0.3 is 9.84 Å². The summed E-state index contributed by atoms with van der Waals surface area (Å²) >= 11 is 0. The SMILES string of the molecule is CC(C)CCOCCC1(C(C)O)CC1. The van der Waals surface area contributed by atoms with E-state index in [2.05, 4.69) is 13.8 Å². The van der Waals surface area contributed by atoms with Gasteiger partial charge in [0, 0.05) is 13.2 Å². The van der Waals surface area contributed by atoms with Crippen LogP contribution in [0.4, 0.5) is 0 Å². The highest BCUT2D eigenvalue weighted by Crippen LogP contribution is 2.51. The van der Waals surface area contributed by atoms with Gasteiger partial charge in [-0.1, -0.05) is 13.8 Å². The van der Waals surface area contributed by atoms with Gasteiger partial charge in [-0.2, -0.15) is 0 Å². The van der Waals surface area contributed by atoms with Crippen LogP contribution in [0.25, 0.3) is 0 Å². The number of hydrogen-bond donors (Lipinski definition) is 1. The molecule has 0 bridgehead atoms. The summed E-state index contributed by atoms with van der Waals surface area (Å²) in [6.07, 6.45) is 4.37. The van der Waals surface area contributed by atoms with E-state index < -0.39 is 0 Å². The Kier molecular flexibility index (Phi) is 4.39. The van der Waals surface area contributed by atoms with E-state index in [1.54, 1.807) is 0 Å². The van der Waals surface area contributed by atoms with Gasteiger partial charge in [0.25, 0.3) is 0 Å². The lowest BCUT2D eigenvalue weighted by Gasteiger charge is -2.18. The molecule has 0 aromatic carbocycles. The number of aliphatic hydroxyl groups is 1. The van der Waals surface area contributed by atoms with Crippen LogP contribution < -0.4 is 0 Å². The predicted octanol–water partition coefficient (Wildman–Crippen LogP) is 2.60. The molecule has 1 aliphatic rings. The fourth-order valence-corrected chi connectivity index (χ4v) is 1.73. The average Bonchev–Trinajstić information content (AvgIpc) is 2.84. The zero-order valence-corrected chi connectivity index (χ0v) is 9.75. The molecule has 1 aliphatic carbocycles. The van der Waals surface area contributed by atoms with Gasteiger partial charge in [0.15, 0.2) is 0 Å². The van der Waals surface area contributed by atoms with Gasteiger partial charge in [0.1, 0.15) is 0 Å². The zero-order valence-electron chi connectivity index (χ0n) is 9.75. The molecule has 1 rings (SSSR count). The molecule has 0 radical (unpaired) electrons. The lowest BCUT2D eigenvalue weighted by Crippen LogP contribution is -2.20. The van der Waals surface area contributed by atoms with Crippen LogP contribution in [-0.2, 0) is 4.74 Å². The molecular weight excluding hydrogens is 176 g/mol. The highest BCUT2D eigenvalue weighted by molar-refractivity contribution is 4.96. The molecule has 2 nitrogen and oxygen atoms in total. The highest BCUT2D eigenvalue weighted by atomic mass is 16.5. The summed E-state index contributed by atoms with van der Waals surface area (Å²) in [7, 11) is 0. The minimum atomic E-state index is -0.156. The quantitative estimate of drug-likeness (QED) is 0.640. The van der Waals surface area contributed by atoms with Crippen molar-refractivity contribution in [2.45, 2.75) is 52.6 Å². The maximum atomic E-state index is 9.53. The van der Waals surface area contributed by atoms with Crippen molar-refractivity contribution in [3.63, 3.8) is 0 Å². The smallest absolute Gasteiger partial charge is 0.0569 e. The summed E-state index contributed by atoms with van der Waals surface area (Å²) in [5.74, 6) is 0.724. The molecule has 0 heterocycles. The molecular formula is C12H24O2. The van der Waals surface area contributed by atoms with Gasteiger partial charge in [0.2, 0.25) is 0 Å². The fraction of sp³-hybridized carbons (Fsp3) is 1.00. The van der Waals surface area contributed by atoms with E-state index in [1.165, 1.54) is 12.8 Å². The van der Waals surface area contributed by atoms with Gasteiger partial charge in [0.05, 0.1) is 6.10 Å². The molecule has 0 aromatic rings. The van der Waals surface area contributed by atoms with E-state index >= 15 is 0 Å². The Morgan fingerprint density at radius 1 is 1.21 bits per heavy atom. The van der Waals surface area contributed by atoms with Crippen molar-refractivity contribution in [2.75, 3.05) is 13.2 Å². The van der Waals surface area contributed by atoms with Crippen molar-refractivity contribution in [2.24, 2.45) is 11.3 Å². The molecule has 2 heteroatoms. The van der Waals surface area contributed by atoms with E-state index in [4.69, 9.17) is 4.74 Å². The first kappa shape index (κ1) is 12.0. The van der Waals surface area contributed by atoms with Crippen molar-refractivity contribution >= 4 is 0 Å². The molecule has 84 valence electrons. The van der Waals surface area contributed by atoms with Crippen LogP contribution in [0, 0.1) is 11.3 Å². The Morgan fingerprint density at radius 3 is 2.29 bits per heavy atom. The summed E-state index contributed by atoms with van der Waals surface area (Å²) in [6.45, 7) is 8.01. The van der Waals surface area contributed by atoms with Crippen LogP contribution >= 0.6 is 0 Å². The minimum absolute atomic E-state index is 0.156. The van der Waals surface area contributed by atoms with E-state index in [1.807, 2.05) is 6.92 Å². The fourth-order valence-electron chi connectivity index (χ4n) is 1.73. The molecule has 1 N–H and O–H groups in total. The predicted molar refractivity (Wildman–Crippen MR) is 58.2 cm³/mol. The second-order valence-electron chi connectivity index (χ2n) is 5.08. The topological polar surface area (TPSA) is 29.5 Å². The minimum Gasteiger partial charge on any atom is -0.393 e. The molecule has 1 saturated carbocycles. The molecule has 1 atom stereocenters. The van der Waals surface area contributed by atoms with E-state index in [0.717, 1.165) is 32.0 Å². The molecule has 0 saturated heterocycles. The lowest BCUT2D eigenvalue weighted by molar-refractivity contribution is 0.0596. The normalized spacial score (nSPS) is 21.2. The molecule has 0 amide bonds. The highest BCUT2D eigenvalue weighted by Gasteiger charge is 2.46. The second-order valence-corrected chi connectivity index (χ2v) is 5.08. The maximum Gasteiger partial charge on any atom is 0.0569 e. The number of ether oxygens (including phenoxy) is 1. The van der Waals surface area contributed by atoms with Crippen molar-refractivity contribution in [1.29, 1.82) is 0 Å². The van der Waals surface area contributed by atoms with Crippen molar-refractivity contribution < 1.29 is 9.84 Å². The maximum absolute atomic E-state index is 9.53. The number of aliphatic hydroxyl groups excluding tert-OH is 1. The van der Waals surface area contributed by atoms with E-state index in [-0.39, 0.29) is 11.5 Å². The van der Waals surface area contributed by atoms with Crippen LogP contribution in [-0.4, -0.2) is 24.4 Å². The van der Waals surface area contributed by atoms with Crippen LogP contribution in [0.15, 0.2) is 0 Å². The summed E-state index contributed by atoms with van der Waals surface area (Å²) in [6, 6.07) is 0. The molecule has 0 aliphatic heterocycles. The molecule has 0 spiro atoms. The summed E-state index contributed by atoms with van der Waals surface area (Å²) in [4.78, 5) is 0. The Balaban J connectivity index is 1.99. The standard InChI is InChI=1S/C12H24O2/c1-10(2)4-8-14-9-7-12(5-6-12)11(3)13/h10-11,13H,4-9H2,1-3H3. The zero-order chi connectivity index (χ0) is 10.6.